The fraction of sp³-hybridized carbons (Fsp3) is 0.227. The minimum absolute atomic E-state index is 0.0951. The molecule has 1 fully saturated rings. The summed E-state index contributed by atoms with van der Waals surface area (Å²) in [6.45, 7) is 1.92. The van der Waals surface area contributed by atoms with Gasteiger partial charge in [0.1, 0.15) is 11.9 Å². The van der Waals surface area contributed by atoms with E-state index in [4.69, 9.17) is 27.9 Å². The van der Waals surface area contributed by atoms with Gasteiger partial charge in [0, 0.05) is 29.2 Å². The van der Waals surface area contributed by atoms with Crippen LogP contribution < -0.4 is 10.1 Å². The molecule has 0 unspecified atom stereocenters. The summed E-state index contributed by atoms with van der Waals surface area (Å²) in [6, 6.07) is 19.6. The van der Waals surface area contributed by atoms with E-state index in [2.05, 4.69) is 22.4 Å². The van der Waals surface area contributed by atoms with E-state index in [-0.39, 0.29) is 6.10 Å². The van der Waals surface area contributed by atoms with E-state index in [1.165, 1.54) is 0 Å². The molecule has 2 aromatic carbocycles. The molecule has 138 valence electrons. The molecular formula is C22H20Cl2N2O. The highest BCUT2D eigenvalue weighted by Gasteiger charge is 2.29. The third kappa shape index (κ3) is 4.11. The first-order valence-electron chi connectivity index (χ1n) is 9.05. The van der Waals surface area contributed by atoms with Gasteiger partial charge in [0.25, 0.3) is 0 Å². The predicted molar refractivity (Wildman–Crippen MR) is 110 cm³/mol. The molecule has 2 heterocycles. The van der Waals surface area contributed by atoms with Crippen LogP contribution in [-0.4, -0.2) is 18.1 Å². The maximum atomic E-state index is 6.59. The molecule has 1 saturated heterocycles. The molecular weight excluding hydrogens is 379 g/mol. The highest BCUT2D eigenvalue weighted by Crippen LogP contribution is 2.42. The van der Waals surface area contributed by atoms with Crippen molar-refractivity contribution in [2.45, 2.75) is 12.5 Å². The van der Waals surface area contributed by atoms with Crippen molar-refractivity contribution in [2.24, 2.45) is 5.92 Å². The zero-order valence-corrected chi connectivity index (χ0v) is 16.3. The average Bonchev–Trinajstić information content (AvgIpc) is 3.23. The number of pyridine rings is 1. The summed E-state index contributed by atoms with van der Waals surface area (Å²) in [4.78, 5) is 4.46. The van der Waals surface area contributed by atoms with Crippen LogP contribution in [0.1, 0.15) is 18.1 Å². The number of hydrogen-bond donors (Lipinski definition) is 1. The quantitative estimate of drug-likeness (QED) is 0.590. The van der Waals surface area contributed by atoms with Gasteiger partial charge in [-0.2, -0.15) is 0 Å². The van der Waals surface area contributed by atoms with Gasteiger partial charge in [0.05, 0.1) is 10.7 Å². The number of nitrogens with one attached hydrogen (secondary N) is 1. The SMILES string of the molecule is Clc1cc(Cl)c(O[C@@H](c2ccccc2)[C@H]2CCNC2)c(-c2ccccn2)c1. The van der Waals surface area contributed by atoms with Crippen LogP contribution in [0.4, 0.5) is 0 Å². The van der Waals surface area contributed by atoms with E-state index in [0.29, 0.717) is 21.7 Å². The van der Waals surface area contributed by atoms with E-state index in [1.807, 2.05) is 42.5 Å². The second-order valence-corrected chi connectivity index (χ2v) is 7.52. The predicted octanol–water partition coefficient (Wildman–Crippen LogP) is 5.79. The fourth-order valence-electron chi connectivity index (χ4n) is 3.53. The molecule has 3 aromatic rings. The third-order valence-electron chi connectivity index (χ3n) is 4.85. The van der Waals surface area contributed by atoms with Crippen LogP contribution in [0.5, 0.6) is 5.75 Å². The first-order valence-corrected chi connectivity index (χ1v) is 9.81. The number of aromatic nitrogens is 1. The van der Waals surface area contributed by atoms with Gasteiger partial charge in [0.15, 0.2) is 0 Å². The van der Waals surface area contributed by atoms with Gasteiger partial charge in [0.2, 0.25) is 0 Å². The van der Waals surface area contributed by atoms with E-state index in [1.54, 1.807) is 12.3 Å². The van der Waals surface area contributed by atoms with Crippen molar-refractivity contribution in [3.63, 3.8) is 0 Å². The molecule has 0 bridgehead atoms. The van der Waals surface area contributed by atoms with Crippen molar-refractivity contribution in [1.82, 2.24) is 10.3 Å². The van der Waals surface area contributed by atoms with Crippen molar-refractivity contribution in [2.75, 3.05) is 13.1 Å². The standard InChI is InChI=1S/C22H20Cl2N2O/c23-17-12-18(20-8-4-5-10-26-20)22(19(24)13-17)27-21(16-9-11-25-14-16)15-6-2-1-3-7-15/h1-8,10,12-13,16,21,25H,9,11,14H2/t16-,21-/m0/s1. The molecule has 27 heavy (non-hydrogen) atoms. The van der Waals surface area contributed by atoms with Crippen molar-refractivity contribution in [3.8, 4) is 17.0 Å². The second-order valence-electron chi connectivity index (χ2n) is 6.68. The third-order valence-corrected chi connectivity index (χ3v) is 5.35. The number of hydrogen-bond acceptors (Lipinski definition) is 3. The molecule has 2 atom stereocenters. The lowest BCUT2D eigenvalue weighted by Crippen LogP contribution is -2.21. The summed E-state index contributed by atoms with van der Waals surface area (Å²) in [5.74, 6) is 0.997. The maximum Gasteiger partial charge on any atom is 0.148 e. The monoisotopic (exact) mass is 398 g/mol. The fourth-order valence-corrected chi connectivity index (χ4v) is 4.07. The van der Waals surface area contributed by atoms with E-state index in [9.17, 15) is 0 Å². The topological polar surface area (TPSA) is 34.1 Å². The Morgan fingerprint density at radius 3 is 2.56 bits per heavy atom. The zero-order chi connectivity index (χ0) is 18.6. The van der Waals surface area contributed by atoms with Gasteiger partial charge >= 0.3 is 0 Å². The van der Waals surface area contributed by atoms with Crippen LogP contribution in [0.2, 0.25) is 10.0 Å². The van der Waals surface area contributed by atoms with E-state index < -0.39 is 0 Å². The van der Waals surface area contributed by atoms with Gasteiger partial charge in [-0.3, -0.25) is 4.98 Å². The molecule has 0 amide bonds. The van der Waals surface area contributed by atoms with Crippen LogP contribution in [0, 0.1) is 5.92 Å². The molecule has 0 spiro atoms. The Labute approximate surface area is 169 Å². The lowest BCUT2D eigenvalue weighted by Gasteiger charge is -2.26. The summed E-state index contributed by atoms with van der Waals surface area (Å²) in [7, 11) is 0. The van der Waals surface area contributed by atoms with Crippen LogP contribution in [0.3, 0.4) is 0 Å². The zero-order valence-electron chi connectivity index (χ0n) is 14.7. The van der Waals surface area contributed by atoms with Crippen LogP contribution in [0.25, 0.3) is 11.3 Å². The summed E-state index contributed by atoms with van der Waals surface area (Å²) in [6.07, 6.45) is 2.72. The van der Waals surface area contributed by atoms with E-state index >= 15 is 0 Å². The number of ether oxygens (including phenoxy) is 1. The Morgan fingerprint density at radius 1 is 1.04 bits per heavy atom. The lowest BCUT2D eigenvalue weighted by atomic mass is 9.94. The molecule has 5 heteroatoms. The van der Waals surface area contributed by atoms with Crippen LogP contribution >= 0.6 is 23.2 Å². The Kier molecular flexibility index (Phi) is 5.63. The number of rotatable bonds is 5. The summed E-state index contributed by atoms with van der Waals surface area (Å²) < 4.78 is 6.59. The maximum absolute atomic E-state index is 6.59. The number of benzene rings is 2. The minimum Gasteiger partial charge on any atom is -0.483 e. The Bertz CT molecular complexity index is 897. The van der Waals surface area contributed by atoms with Gasteiger partial charge < -0.3 is 10.1 Å². The van der Waals surface area contributed by atoms with E-state index in [0.717, 1.165) is 36.3 Å². The molecule has 1 aliphatic heterocycles. The molecule has 0 radical (unpaired) electrons. The molecule has 1 aromatic heterocycles. The normalized spacial score (nSPS) is 17.6. The first-order chi connectivity index (χ1) is 13.2. The second kappa shape index (κ2) is 8.30. The number of halogens is 2. The van der Waals surface area contributed by atoms with Crippen LogP contribution in [0.15, 0.2) is 66.9 Å². The highest BCUT2D eigenvalue weighted by molar-refractivity contribution is 6.36. The first kappa shape index (κ1) is 18.3. The van der Waals surface area contributed by atoms with Crippen molar-refractivity contribution in [3.05, 3.63) is 82.5 Å². The smallest absolute Gasteiger partial charge is 0.148 e. The molecule has 1 aliphatic rings. The van der Waals surface area contributed by atoms with Crippen molar-refractivity contribution < 1.29 is 4.74 Å². The molecule has 1 N–H and O–H groups in total. The van der Waals surface area contributed by atoms with Gasteiger partial charge in [-0.15, -0.1) is 0 Å². The van der Waals surface area contributed by atoms with Crippen LogP contribution in [-0.2, 0) is 0 Å². The van der Waals surface area contributed by atoms with Gasteiger partial charge in [-0.25, -0.2) is 0 Å². The highest BCUT2D eigenvalue weighted by atomic mass is 35.5. The summed E-state index contributed by atoms with van der Waals surface area (Å²) in [5.41, 5.74) is 2.73. The molecule has 0 aliphatic carbocycles. The summed E-state index contributed by atoms with van der Waals surface area (Å²) in [5, 5.41) is 4.49. The molecule has 4 rings (SSSR count). The Morgan fingerprint density at radius 2 is 1.85 bits per heavy atom. The lowest BCUT2D eigenvalue weighted by molar-refractivity contribution is 0.145. The Hall–Kier alpha value is -2.07. The minimum atomic E-state index is -0.0951. The van der Waals surface area contributed by atoms with Gasteiger partial charge in [-0.05, 0) is 42.8 Å². The van der Waals surface area contributed by atoms with Crippen molar-refractivity contribution >= 4 is 23.2 Å². The number of nitrogens with zero attached hydrogens (tertiary/aromatic N) is 1. The Balaban J connectivity index is 1.77. The van der Waals surface area contributed by atoms with Crippen molar-refractivity contribution in [1.29, 1.82) is 0 Å². The molecule has 3 nitrogen and oxygen atoms in total. The average molecular weight is 399 g/mol. The van der Waals surface area contributed by atoms with Gasteiger partial charge in [-0.1, -0.05) is 59.6 Å². The molecule has 0 saturated carbocycles. The summed E-state index contributed by atoms with van der Waals surface area (Å²) >= 11 is 12.8. The largest absolute Gasteiger partial charge is 0.483 e.